The Kier molecular flexibility index (Phi) is 6.03. The molecule has 166 valence electrons. The number of aromatic nitrogens is 1. The highest BCUT2D eigenvalue weighted by Gasteiger charge is 2.35. The lowest BCUT2D eigenvalue weighted by Crippen LogP contribution is -2.45. The first-order valence-electron chi connectivity index (χ1n) is 11.1. The van der Waals surface area contributed by atoms with Gasteiger partial charge in [0.1, 0.15) is 0 Å². The van der Waals surface area contributed by atoms with Crippen LogP contribution in [0.15, 0.2) is 96.0 Å². The van der Waals surface area contributed by atoms with Crippen molar-refractivity contribution in [3.05, 3.63) is 102 Å². The van der Waals surface area contributed by atoms with E-state index in [1.807, 2.05) is 89.8 Å². The van der Waals surface area contributed by atoms with E-state index in [4.69, 9.17) is 0 Å². The first-order valence-corrected chi connectivity index (χ1v) is 11.9. The van der Waals surface area contributed by atoms with E-state index in [0.29, 0.717) is 31.5 Å². The van der Waals surface area contributed by atoms with E-state index < -0.39 is 5.60 Å². The second-order valence-electron chi connectivity index (χ2n) is 8.30. The fraction of sp³-hybridized carbons (Fsp3) is 0.185. The van der Waals surface area contributed by atoms with Gasteiger partial charge in [-0.1, -0.05) is 48.5 Å². The van der Waals surface area contributed by atoms with Gasteiger partial charge in [0, 0.05) is 35.9 Å². The number of pyridine rings is 1. The van der Waals surface area contributed by atoms with Crippen LogP contribution in [0, 0.1) is 0 Å². The van der Waals surface area contributed by atoms with E-state index in [2.05, 4.69) is 9.71 Å². The molecule has 5 rings (SSSR count). The highest BCUT2D eigenvalue weighted by atomic mass is 32.2. The Morgan fingerprint density at radius 1 is 0.909 bits per heavy atom. The van der Waals surface area contributed by atoms with E-state index in [9.17, 15) is 9.90 Å². The largest absolute Gasteiger partial charge is 0.385 e. The van der Waals surface area contributed by atoms with E-state index >= 15 is 0 Å². The van der Waals surface area contributed by atoms with Gasteiger partial charge in [-0.3, -0.25) is 9.78 Å². The summed E-state index contributed by atoms with van der Waals surface area (Å²) < 4.78 is 3.35. The van der Waals surface area contributed by atoms with Crippen LogP contribution in [-0.2, 0) is 5.60 Å². The van der Waals surface area contributed by atoms with Crippen LogP contribution < -0.4 is 4.72 Å². The number of para-hydroxylation sites is 1. The van der Waals surface area contributed by atoms with Crippen LogP contribution in [-0.4, -0.2) is 34.0 Å². The standard InChI is InChI=1S/C27H25N3O2S/c31-26(30-18-15-27(32,16-19-30)22-8-2-1-3-9-22)21-11-13-23(14-12-21)29-33-24-10-4-6-20-7-5-17-28-25(20)24/h1-14,17,29,32H,15-16,18-19H2. The molecule has 0 atom stereocenters. The average molecular weight is 456 g/mol. The summed E-state index contributed by atoms with van der Waals surface area (Å²) in [5.41, 5.74) is 2.60. The molecule has 1 saturated heterocycles. The van der Waals surface area contributed by atoms with Crippen LogP contribution in [0.1, 0.15) is 28.8 Å². The smallest absolute Gasteiger partial charge is 0.253 e. The second kappa shape index (κ2) is 9.25. The third-order valence-electron chi connectivity index (χ3n) is 6.20. The molecule has 33 heavy (non-hydrogen) atoms. The number of rotatable bonds is 5. The third kappa shape index (κ3) is 4.58. The molecule has 1 fully saturated rings. The Morgan fingerprint density at radius 2 is 1.64 bits per heavy atom. The van der Waals surface area contributed by atoms with Gasteiger partial charge in [0.05, 0.1) is 16.0 Å². The van der Waals surface area contributed by atoms with Gasteiger partial charge < -0.3 is 14.7 Å². The summed E-state index contributed by atoms with van der Waals surface area (Å²) in [4.78, 5) is 20.4. The number of carbonyl (C=O) groups excluding carboxylic acids is 1. The number of fused-ring (bicyclic) bond motifs is 1. The van der Waals surface area contributed by atoms with Gasteiger partial charge in [0.25, 0.3) is 5.91 Å². The molecule has 0 saturated carbocycles. The van der Waals surface area contributed by atoms with E-state index in [0.717, 1.165) is 27.0 Å². The number of hydrogen-bond donors (Lipinski definition) is 2. The molecule has 2 N–H and O–H groups in total. The fourth-order valence-electron chi connectivity index (χ4n) is 4.25. The van der Waals surface area contributed by atoms with Crippen LogP contribution in [0.3, 0.4) is 0 Å². The maximum atomic E-state index is 13.0. The molecule has 1 aliphatic rings. The first kappa shape index (κ1) is 21.5. The predicted octanol–water partition coefficient (Wildman–Crippen LogP) is 5.48. The van der Waals surface area contributed by atoms with Crippen LogP contribution in [0.25, 0.3) is 10.9 Å². The SMILES string of the molecule is O=C(c1ccc(NSc2cccc3cccnc23)cc1)N1CCC(O)(c2ccccc2)CC1. The quantitative estimate of drug-likeness (QED) is 0.390. The summed E-state index contributed by atoms with van der Waals surface area (Å²) in [7, 11) is 0. The van der Waals surface area contributed by atoms with Gasteiger partial charge in [-0.2, -0.15) is 0 Å². The van der Waals surface area contributed by atoms with Gasteiger partial charge in [-0.25, -0.2) is 0 Å². The fourth-order valence-corrected chi connectivity index (χ4v) is 5.03. The zero-order chi connectivity index (χ0) is 22.7. The Balaban J connectivity index is 1.20. The summed E-state index contributed by atoms with van der Waals surface area (Å²) in [6, 6.07) is 27.4. The monoisotopic (exact) mass is 455 g/mol. The number of hydrogen-bond acceptors (Lipinski definition) is 5. The number of amides is 1. The van der Waals surface area contributed by atoms with Crippen molar-refractivity contribution in [2.24, 2.45) is 0 Å². The molecule has 0 spiro atoms. The Labute approximate surface area is 197 Å². The number of aliphatic hydroxyl groups is 1. The van der Waals surface area contributed by atoms with Gasteiger partial charge in [-0.15, -0.1) is 0 Å². The molecule has 6 heteroatoms. The molecule has 0 aliphatic carbocycles. The van der Waals surface area contributed by atoms with Gasteiger partial charge in [0.15, 0.2) is 0 Å². The molecule has 3 aromatic carbocycles. The Morgan fingerprint density at radius 3 is 2.39 bits per heavy atom. The minimum atomic E-state index is -0.862. The summed E-state index contributed by atoms with van der Waals surface area (Å²) in [5.74, 6) is 0.00238. The number of anilines is 1. The lowest BCUT2D eigenvalue weighted by molar-refractivity contribution is -0.0211. The Bertz CT molecular complexity index is 1250. The summed E-state index contributed by atoms with van der Waals surface area (Å²) in [6.07, 6.45) is 2.88. The zero-order valence-electron chi connectivity index (χ0n) is 18.1. The summed E-state index contributed by atoms with van der Waals surface area (Å²) in [5, 5.41) is 12.1. The van der Waals surface area contributed by atoms with Crippen molar-refractivity contribution in [2.75, 3.05) is 17.8 Å². The predicted molar refractivity (Wildman–Crippen MR) is 133 cm³/mol. The van der Waals surface area contributed by atoms with Crippen molar-refractivity contribution in [3.63, 3.8) is 0 Å². The average Bonchev–Trinajstić information content (AvgIpc) is 2.88. The van der Waals surface area contributed by atoms with Crippen LogP contribution >= 0.6 is 11.9 Å². The first-order chi connectivity index (χ1) is 16.1. The van der Waals surface area contributed by atoms with Crippen molar-refractivity contribution in [1.29, 1.82) is 0 Å². The van der Waals surface area contributed by atoms with E-state index in [-0.39, 0.29) is 5.91 Å². The molecule has 5 nitrogen and oxygen atoms in total. The highest BCUT2D eigenvalue weighted by molar-refractivity contribution is 8.00. The molecular formula is C27H25N3O2S. The topological polar surface area (TPSA) is 65.5 Å². The number of piperidine rings is 1. The molecule has 1 aliphatic heterocycles. The molecular weight excluding hydrogens is 430 g/mol. The summed E-state index contributed by atoms with van der Waals surface area (Å²) >= 11 is 1.51. The minimum Gasteiger partial charge on any atom is -0.385 e. The normalized spacial score (nSPS) is 15.4. The molecule has 0 unspecified atom stereocenters. The molecule has 2 heterocycles. The van der Waals surface area contributed by atoms with E-state index in [1.54, 1.807) is 6.20 Å². The number of benzene rings is 3. The van der Waals surface area contributed by atoms with E-state index in [1.165, 1.54) is 11.9 Å². The van der Waals surface area contributed by atoms with Crippen LogP contribution in [0.2, 0.25) is 0 Å². The van der Waals surface area contributed by atoms with Crippen molar-refractivity contribution in [2.45, 2.75) is 23.3 Å². The minimum absolute atomic E-state index is 0.00238. The number of carbonyl (C=O) groups is 1. The lowest BCUT2D eigenvalue weighted by Gasteiger charge is -2.38. The van der Waals surface area contributed by atoms with Crippen molar-refractivity contribution >= 4 is 34.4 Å². The number of nitrogens with one attached hydrogen (secondary N) is 1. The van der Waals surface area contributed by atoms with Crippen LogP contribution in [0.4, 0.5) is 5.69 Å². The molecule has 0 radical (unpaired) electrons. The second-order valence-corrected chi connectivity index (χ2v) is 9.15. The molecule has 4 aromatic rings. The van der Waals surface area contributed by atoms with Crippen molar-refractivity contribution in [3.8, 4) is 0 Å². The van der Waals surface area contributed by atoms with Crippen molar-refractivity contribution in [1.82, 2.24) is 9.88 Å². The van der Waals surface area contributed by atoms with Crippen molar-refractivity contribution < 1.29 is 9.90 Å². The maximum Gasteiger partial charge on any atom is 0.253 e. The third-order valence-corrected chi connectivity index (χ3v) is 7.08. The highest BCUT2D eigenvalue weighted by Crippen LogP contribution is 2.33. The van der Waals surface area contributed by atoms with Gasteiger partial charge in [0.2, 0.25) is 0 Å². The van der Waals surface area contributed by atoms with Gasteiger partial charge in [-0.05, 0) is 66.8 Å². The zero-order valence-corrected chi connectivity index (χ0v) is 19.0. The lowest BCUT2D eigenvalue weighted by atomic mass is 9.84. The number of nitrogens with zero attached hydrogens (tertiary/aromatic N) is 2. The number of likely N-dealkylation sites (tertiary alicyclic amines) is 1. The molecule has 1 aromatic heterocycles. The molecule has 0 bridgehead atoms. The summed E-state index contributed by atoms with van der Waals surface area (Å²) in [6.45, 7) is 1.07. The van der Waals surface area contributed by atoms with Crippen LogP contribution in [0.5, 0.6) is 0 Å². The molecule has 1 amide bonds. The maximum absolute atomic E-state index is 13.0. The van der Waals surface area contributed by atoms with Gasteiger partial charge >= 0.3 is 0 Å². The Hall–Kier alpha value is -3.35.